The van der Waals surface area contributed by atoms with Crippen molar-refractivity contribution in [2.75, 3.05) is 12.3 Å². The van der Waals surface area contributed by atoms with E-state index in [-0.39, 0.29) is 12.2 Å². The average molecular weight is 483 g/mol. The van der Waals surface area contributed by atoms with Crippen molar-refractivity contribution in [3.05, 3.63) is 22.7 Å². The minimum atomic E-state index is -5.45. The van der Waals surface area contributed by atoms with Crippen molar-refractivity contribution in [3.63, 3.8) is 0 Å². The molecule has 5 atom stereocenters. The van der Waals surface area contributed by atoms with Crippen LogP contribution in [0.15, 0.2) is 17.1 Å². The van der Waals surface area contributed by atoms with Gasteiger partial charge in [-0.3, -0.25) is 4.57 Å². The summed E-state index contributed by atoms with van der Waals surface area (Å²) in [6, 6.07) is 1.34. The van der Waals surface area contributed by atoms with Crippen molar-refractivity contribution in [2.24, 2.45) is 0 Å². The van der Waals surface area contributed by atoms with Gasteiger partial charge >= 0.3 is 28.1 Å². The van der Waals surface area contributed by atoms with Crippen LogP contribution in [0.5, 0.6) is 0 Å². The molecule has 0 aromatic carbocycles. The predicted molar refractivity (Wildman–Crippen MR) is 93.9 cm³/mol. The molecule has 1 aliphatic rings. The number of nitrogens with zero attached hydrogens (tertiary/aromatic N) is 2. The minimum Gasteiger partial charge on any atom is -0.390 e. The van der Waals surface area contributed by atoms with Crippen LogP contribution < -0.4 is 11.4 Å². The van der Waals surface area contributed by atoms with Gasteiger partial charge in [0, 0.05) is 12.6 Å². The number of anilines is 1. The zero-order valence-corrected chi connectivity index (χ0v) is 17.1. The van der Waals surface area contributed by atoms with Crippen molar-refractivity contribution < 1.29 is 51.7 Å². The number of nitrogen functional groups attached to an aromatic ring is 1. The van der Waals surface area contributed by atoms with Crippen molar-refractivity contribution in [3.8, 4) is 0 Å². The van der Waals surface area contributed by atoms with E-state index in [0.29, 0.717) is 0 Å². The van der Waals surface area contributed by atoms with Gasteiger partial charge in [0.15, 0.2) is 0 Å². The molecule has 7 N–H and O–H groups in total. The largest absolute Gasteiger partial charge is 0.488 e. The lowest BCUT2D eigenvalue weighted by Gasteiger charge is -2.21. The molecule has 2 rings (SSSR count). The average Bonchev–Trinajstić information content (AvgIpc) is 2.82. The van der Waals surface area contributed by atoms with E-state index >= 15 is 0 Å². The molecular formula is C9H16N3O12P3S. The van der Waals surface area contributed by atoms with E-state index in [1.54, 1.807) is 0 Å². The van der Waals surface area contributed by atoms with Crippen LogP contribution in [0.2, 0.25) is 0 Å². The predicted octanol–water partition coefficient (Wildman–Crippen LogP) is -1.07. The van der Waals surface area contributed by atoms with Gasteiger partial charge in [-0.15, -0.1) is 0 Å². The number of aliphatic hydroxyl groups excluding tert-OH is 1. The first kappa shape index (κ1) is 23.7. The molecule has 19 heteroatoms. The van der Waals surface area contributed by atoms with Crippen molar-refractivity contribution in [1.29, 1.82) is 0 Å². The fraction of sp³-hybridized carbons (Fsp3) is 0.556. The second kappa shape index (κ2) is 8.66. The lowest BCUT2D eigenvalue weighted by molar-refractivity contribution is -0.0426. The topological polar surface area (TPSA) is 233 Å². The molecule has 1 aromatic rings. The van der Waals surface area contributed by atoms with Crippen molar-refractivity contribution >= 4 is 40.0 Å². The summed E-state index contributed by atoms with van der Waals surface area (Å²) in [6.45, 7) is -5.16. The number of aromatic nitrogens is 2. The van der Waals surface area contributed by atoms with E-state index in [2.05, 4.69) is 25.4 Å². The van der Waals surface area contributed by atoms with Crippen molar-refractivity contribution in [1.82, 2.24) is 9.55 Å². The fourth-order valence-corrected chi connectivity index (χ4v) is 6.12. The maximum absolute atomic E-state index is 11.8. The molecule has 1 saturated heterocycles. The zero-order chi connectivity index (χ0) is 21.3. The molecule has 0 amide bonds. The Morgan fingerprint density at radius 2 is 1.96 bits per heavy atom. The molecule has 15 nitrogen and oxygen atoms in total. The Morgan fingerprint density at radius 1 is 1.32 bits per heavy atom. The Kier molecular flexibility index (Phi) is 7.33. The smallest absolute Gasteiger partial charge is 0.390 e. The van der Waals surface area contributed by atoms with E-state index in [4.69, 9.17) is 24.8 Å². The second-order valence-corrected chi connectivity index (χ2v) is 11.2. The summed E-state index contributed by atoms with van der Waals surface area (Å²) in [6.07, 6.45) is -2.02. The van der Waals surface area contributed by atoms with E-state index < -0.39 is 53.1 Å². The second-order valence-electron chi connectivity index (χ2n) is 5.36. The summed E-state index contributed by atoms with van der Waals surface area (Å²) in [5.41, 5.74) is 4.65. The maximum atomic E-state index is 11.8. The first-order valence-corrected chi connectivity index (χ1v) is 12.8. The highest BCUT2D eigenvalue weighted by Gasteiger charge is 2.40. The number of nitrogens with two attached hydrogens (primary N) is 1. The monoisotopic (exact) mass is 483 g/mol. The third-order valence-corrected chi connectivity index (χ3v) is 7.90. The fourth-order valence-electron chi connectivity index (χ4n) is 2.15. The van der Waals surface area contributed by atoms with E-state index in [1.165, 1.54) is 12.3 Å². The zero-order valence-electron chi connectivity index (χ0n) is 13.6. The number of phosphoric acid groups is 2. The Labute approximate surface area is 161 Å². The van der Waals surface area contributed by atoms with Crippen LogP contribution >= 0.6 is 22.4 Å². The molecule has 1 fully saturated rings. The Bertz CT molecular complexity index is 919. The van der Waals surface area contributed by atoms with Crippen LogP contribution in [-0.4, -0.2) is 53.0 Å². The van der Waals surface area contributed by atoms with Crippen LogP contribution in [0, 0.1) is 0 Å². The molecule has 2 heterocycles. The number of hydrogen-bond donors (Lipinski definition) is 6. The molecule has 0 radical (unpaired) electrons. The Balaban J connectivity index is 1.98. The molecule has 2 unspecified atom stereocenters. The van der Waals surface area contributed by atoms with Crippen LogP contribution in [0.1, 0.15) is 12.6 Å². The van der Waals surface area contributed by atoms with Gasteiger partial charge < -0.3 is 39.7 Å². The molecule has 0 bridgehead atoms. The number of hydrogen-bond acceptors (Lipinski definition) is 11. The quantitative estimate of drug-likeness (QED) is 0.242. The highest BCUT2D eigenvalue weighted by atomic mass is 32.5. The van der Waals surface area contributed by atoms with Gasteiger partial charge in [0.2, 0.25) is 0 Å². The summed E-state index contributed by atoms with van der Waals surface area (Å²) in [4.78, 5) is 51.2. The Morgan fingerprint density at radius 3 is 2.54 bits per heavy atom. The van der Waals surface area contributed by atoms with Crippen molar-refractivity contribution in [2.45, 2.75) is 24.9 Å². The van der Waals surface area contributed by atoms with Crippen LogP contribution in [0.4, 0.5) is 5.82 Å². The van der Waals surface area contributed by atoms with Gasteiger partial charge in [-0.2, -0.15) is 9.29 Å². The summed E-state index contributed by atoms with van der Waals surface area (Å²) in [7, 11) is -10.9. The SMILES string of the molecule is Nc1ccn([C@H]2C[C@H](O)[C@@H](COP(O)(=S)OP(=O)(O)OP(=O)(O)O)O2)c(=O)n1. The van der Waals surface area contributed by atoms with E-state index in [0.717, 1.165) is 4.57 Å². The molecule has 0 saturated carbocycles. The van der Waals surface area contributed by atoms with Gasteiger partial charge in [-0.05, 0) is 17.9 Å². The molecule has 1 aromatic heterocycles. The van der Waals surface area contributed by atoms with Crippen LogP contribution in [0.25, 0.3) is 0 Å². The first-order chi connectivity index (χ1) is 12.7. The number of rotatable bonds is 8. The van der Waals surface area contributed by atoms with Gasteiger partial charge in [-0.25, -0.2) is 18.2 Å². The lowest BCUT2D eigenvalue weighted by atomic mass is 10.2. The van der Waals surface area contributed by atoms with Gasteiger partial charge in [0.1, 0.15) is 18.1 Å². The highest BCUT2D eigenvalue weighted by Crippen LogP contribution is 2.66. The molecular weight excluding hydrogens is 467 g/mol. The molecule has 28 heavy (non-hydrogen) atoms. The highest BCUT2D eigenvalue weighted by molar-refractivity contribution is 8.08. The Hall–Kier alpha value is -0.570. The summed E-state index contributed by atoms with van der Waals surface area (Å²) >= 11 is 4.45. The molecule has 160 valence electrons. The third-order valence-electron chi connectivity index (χ3n) is 3.18. The molecule has 0 spiro atoms. The first-order valence-electron chi connectivity index (χ1n) is 7.14. The summed E-state index contributed by atoms with van der Waals surface area (Å²) in [5, 5.41) is 10.0. The molecule has 0 aliphatic carbocycles. The van der Waals surface area contributed by atoms with Gasteiger partial charge in [0.05, 0.1) is 12.7 Å². The van der Waals surface area contributed by atoms with E-state index in [1.807, 2.05) is 0 Å². The van der Waals surface area contributed by atoms with E-state index in [9.17, 15) is 28.8 Å². The molecule has 1 aliphatic heterocycles. The minimum absolute atomic E-state index is 0.0104. The lowest BCUT2D eigenvalue weighted by Crippen LogP contribution is -2.28. The van der Waals surface area contributed by atoms with Gasteiger partial charge in [-0.1, -0.05) is 0 Å². The summed E-state index contributed by atoms with van der Waals surface area (Å²) in [5.74, 6) is -0.0104. The maximum Gasteiger partial charge on any atom is 0.488 e. The van der Waals surface area contributed by atoms with Crippen LogP contribution in [0.3, 0.4) is 0 Å². The van der Waals surface area contributed by atoms with Crippen LogP contribution in [-0.2, 0) is 38.8 Å². The van der Waals surface area contributed by atoms with Gasteiger partial charge in [0.25, 0.3) is 0 Å². The number of ether oxygens (including phenoxy) is 1. The normalized spacial score (nSPS) is 27.2. The summed E-state index contributed by atoms with van der Waals surface area (Å²) < 4.78 is 40.8. The standard InChI is InChI=1S/C9H16N3O12P3S/c10-7-1-2-12(9(14)11-7)8-3-5(13)6(22-8)4-21-27(20,28)24-26(18,19)23-25(15,16)17/h1-2,5-6,8,13H,3-4H2,(H,18,19)(H,20,28)(H2,10,11,14)(H2,15,16,17)/t5-,6+,8+,27?/m0/s1. The number of aliphatic hydroxyl groups is 1. The third kappa shape index (κ3) is 7.04.